The summed E-state index contributed by atoms with van der Waals surface area (Å²) < 4.78 is 7.45. The van der Waals surface area contributed by atoms with Gasteiger partial charge in [0.25, 0.3) is 0 Å². The predicted octanol–water partition coefficient (Wildman–Crippen LogP) is 2.27. The minimum atomic E-state index is 0.538. The zero-order valence-electron chi connectivity index (χ0n) is 11.2. The van der Waals surface area contributed by atoms with E-state index in [1.165, 1.54) is 5.56 Å². The quantitative estimate of drug-likeness (QED) is 0.773. The van der Waals surface area contributed by atoms with Crippen LogP contribution in [0, 0.1) is 0 Å². The largest absolute Gasteiger partial charge is 0.490 e. The molecule has 0 radical (unpaired) electrons. The molecule has 0 aliphatic carbocycles. The number of imidazole rings is 1. The highest BCUT2D eigenvalue weighted by Crippen LogP contribution is 2.12. The van der Waals surface area contributed by atoms with Gasteiger partial charge in [-0.1, -0.05) is 24.8 Å². The Morgan fingerprint density at radius 1 is 1.32 bits per heavy atom. The van der Waals surface area contributed by atoms with Crippen LogP contribution in [0.1, 0.15) is 11.4 Å². The monoisotopic (exact) mass is 257 g/mol. The highest BCUT2D eigenvalue weighted by molar-refractivity contribution is 5.27. The average Bonchev–Trinajstić information content (AvgIpc) is 2.84. The second kappa shape index (κ2) is 6.75. The molecule has 19 heavy (non-hydrogen) atoms. The van der Waals surface area contributed by atoms with Gasteiger partial charge in [0.15, 0.2) is 0 Å². The predicted molar refractivity (Wildman–Crippen MR) is 75.9 cm³/mol. The molecule has 0 spiro atoms. The Morgan fingerprint density at radius 3 is 2.74 bits per heavy atom. The van der Waals surface area contributed by atoms with Crippen molar-refractivity contribution in [1.29, 1.82) is 0 Å². The number of ether oxygens (including phenoxy) is 1. The molecule has 1 heterocycles. The summed E-state index contributed by atoms with van der Waals surface area (Å²) in [6, 6.07) is 8.07. The summed E-state index contributed by atoms with van der Waals surface area (Å²) in [6.45, 7) is 5.74. The third-order valence-corrected chi connectivity index (χ3v) is 2.82. The third kappa shape index (κ3) is 3.96. The van der Waals surface area contributed by atoms with E-state index in [1.807, 2.05) is 36.1 Å². The van der Waals surface area contributed by atoms with Crippen molar-refractivity contribution >= 4 is 0 Å². The lowest BCUT2D eigenvalue weighted by molar-refractivity contribution is 0.363. The first-order chi connectivity index (χ1) is 9.29. The SMILES string of the molecule is C=CCOc1ccc(CNCc2nccn2C)cc1. The van der Waals surface area contributed by atoms with E-state index in [4.69, 9.17) is 4.74 Å². The Morgan fingerprint density at radius 2 is 2.11 bits per heavy atom. The van der Waals surface area contributed by atoms with Crippen LogP contribution in [-0.4, -0.2) is 16.2 Å². The Hall–Kier alpha value is -2.07. The third-order valence-electron chi connectivity index (χ3n) is 2.82. The lowest BCUT2D eigenvalue weighted by atomic mass is 10.2. The van der Waals surface area contributed by atoms with Crippen LogP contribution in [0.25, 0.3) is 0 Å². The van der Waals surface area contributed by atoms with E-state index >= 15 is 0 Å². The number of nitrogens with one attached hydrogen (secondary N) is 1. The van der Waals surface area contributed by atoms with Crippen molar-refractivity contribution in [3.8, 4) is 5.75 Å². The van der Waals surface area contributed by atoms with E-state index in [-0.39, 0.29) is 0 Å². The van der Waals surface area contributed by atoms with Gasteiger partial charge in [0.05, 0.1) is 6.54 Å². The molecule has 2 aromatic rings. The molecular weight excluding hydrogens is 238 g/mol. The van der Waals surface area contributed by atoms with Crippen molar-refractivity contribution in [2.24, 2.45) is 7.05 Å². The highest BCUT2D eigenvalue weighted by atomic mass is 16.5. The summed E-state index contributed by atoms with van der Waals surface area (Å²) in [6.07, 6.45) is 5.49. The molecule has 4 heteroatoms. The Balaban J connectivity index is 1.80. The van der Waals surface area contributed by atoms with Gasteiger partial charge in [-0.2, -0.15) is 0 Å². The Labute approximate surface area is 113 Å². The second-order valence-electron chi connectivity index (χ2n) is 4.30. The van der Waals surface area contributed by atoms with Gasteiger partial charge in [-0.15, -0.1) is 0 Å². The minimum absolute atomic E-state index is 0.538. The van der Waals surface area contributed by atoms with Gasteiger partial charge in [-0.25, -0.2) is 4.98 Å². The van der Waals surface area contributed by atoms with Crippen molar-refractivity contribution in [1.82, 2.24) is 14.9 Å². The average molecular weight is 257 g/mol. The van der Waals surface area contributed by atoms with E-state index < -0.39 is 0 Å². The van der Waals surface area contributed by atoms with Crippen molar-refractivity contribution in [2.75, 3.05) is 6.61 Å². The first-order valence-electron chi connectivity index (χ1n) is 6.29. The van der Waals surface area contributed by atoms with Gasteiger partial charge >= 0.3 is 0 Å². The lowest BCUT2D eigenvalue weighted by Gasteiger charge is -2.07. The number of aryl methyl sites for hydroxylation is 1. The molecule has 0 amide bonds. The summed E-state index contributed by atoms with van der Waals surface area (Å²) >= 11 is 0. The van der Waals surface area contributed by atoms with Gasteiger partial charge in [-0.3, -0.25) is 0 Å². The second-order valence-corrected chi connectivity index (χ2v) is 4.30. The zero-order valence-corrected chi connectivity index (χ0v) is 11.2. The van der Waals surface area contributed by atoms with E-state index in [2.05, 4.69) is 29.0 Å². The van der Waals surface area contributed by atoms with Crippen molar-refractivity contribution in [3.63, 3.8) is 0 Å². The molecule has 0 aliphatic heterocycles. The molecule has 1 aromatic carbocycles. The van der Waals surface area contributed by atoms with E-state index in [0.29, 0.717) is 6.61 Å². The Bertz CT molecular complexity index is 516. The van der Waals surface area contributed by atoms with Gasteiger partial charge < -0.3 is 14.6 Å². The van der Waals surface area contributed by atoms with Crippen LogP contribution in [-0.2, 0) is 20.1 Å². The maximum atomic E-state index is 5.44. The molecule has 0 atom stereocenters. The fraction of sp³-hybridized carbons (Fsp3) is 0.267. The van der Waals surface area contributed by atoms with Crippen LogP contribution in [0.5, 0.6) is 5.75 Å². The number of rotatable bonds is 7. The smallest absolute Gasteiger partial charge is 0.122 e. The summed E-state index contributed by atoms with van der Waals surface area (Å²) in [5.74, 6) is 1.90. The molecular formula is C15H19N3O. The van der Waals surface area contributed by atoms with Crippen LogP contribution in [0.4, 0.5) is 0 Å². The zero-order chi connectivity index (χ0) is 13.5. The normalized spacial score (nSPS) is 10.4. The summed E-state index contributed by atoms with van der Waals surface area (Å²) in [7, 11) is 2.00. The molecule has 0 aliphatic rings. The van der Waals surface area contributed by atoms with Crippen molar-refractivity contribution in [3.05, 3.63) is 60.7 Å². The maximum Gasteiger partial charge on any atom is 0.122 e. The molecule has 100 valence electrons. The first-order valence-corrected chi connectivity index (χ1v) is 6.29. The fourth-order valence-electron chi connectivity index (χ4n) is 1.74. The minimum Gasteiger partial charge on any atom is -0.490 e. The Kier molecular flexibility index (Phi) is 4.75. The molecule has 0 fully saturated rings. The standard InChI is InChI=1S/C15H19N3O/c1-3-10-19-14-6-4-13(5-7-14)11-16-12-15-17-8-9-18(15)2/h3-9,16H,1,10-12H2,2H3. The van der Waals surface area contributed by atoms with Gasteiger partial charge in [-0.05, 0) is 17.7 Å². The van der Waals surface area contributed by atoms with Gasteiger partial charge in [0.2, 0.25) is 0 Å². The number of hydrogen-bond donors (Lipinski definition) is 1. The van der Waals surface area contributed by atoms with Crippen LogP contribution in [0.2, 0.25) is 0 Å². The topological polar surface area (TPSA) is 39.1 Å². The van der Waals surface area contributed by atoms with E-state index in [1.54, 1.807) is 6.08 Å². The van der Waals surface area contributed by atoms with Crippen molar-refractivity contribution in [2.45, 2.75) is 13.1 Å². The van der Waals surface area contributed by atoms with E-state index in [0.717, 1.165) is 24.7 Å². The summed E-state index contributed by atoms with van der Waals surface area (Å²) in [5.41, 5.74) is 1.22. The first kappa shape index (κ1) is 13.4. The lowest BCUT2D eigenvalue weighted by Crippen LogP contribution is -2.15. The number of benzene rings is 1. The molecule has 0 saturated carbocycles. The molecule has 1 aromatic heterocycles. The number of nitrogens with zero attached hydrogens (tertiary/aromatic N) is 2. The molecule has 4 nitrogen and oxygen atoms in total. The van der Waals surface area contributed by atoms with Crippen LogP contribution in [0.15, 0.2) is 49.3 Å². The highest BCUT2D eigenvalue weighted by Gasteiger charge is 1.99. The van der Waals surface area contributed by atoms with Crippen LogP contribution in [0.3, 0.4) is 0 Å². The summed E-state index contributed by atoms with van der Waals surface area (Å²) in [5, 5.41) is 3.37. The summed E-state index contributed by atoms with van der Waals surface area (Å²) in [4.78, 5) is 4.27. The van der Waals surface area contributed by atoms with Crippen LogP contribution < -0.4 is 10.1 Å². The van der Waals surface area contributed by atoms with E-state index in [9.17, 15) is 0 Å². The number of hydrogen-bond acceptors (Lipinski definition) is 3. The molecule has 0 saturated heterocycles. The molecule has 1 N–H and O–H groups in total. The van der Waals surface area contributed by atoms with Gasteiger partial charge in [0.1, 0.15) is 18.2 Å². The molecule has 2 rings (SSSR count). The van der Waals surface area contributed by atoms with Crippen molar-refractivity contribution < 1.29 is 4.74 Å². The maximum absolute atomic E-state index is 5.44. The molecule has 0 bridgehead atoms. The fourth-order valence-corrected chi connectivity index (χ4v) is 1.74. The van der Waals surface area contributed by atoms with Gasteiger partial charge in [0, 0.05) is 26.0 Å². The molecule has 0 unspecified atom stereocenters. The number of aromatic nitrogens is 2. The van der Waals surface area contributed by atoms with Crippen LogP contribution >= 0.6 is 0 Å².